The van der Waals surface area contributed by atoms with E-state index in [1.807, 2.05) is 0 Å². The van der Waals surface area contributed by atoms with Crippen LogP contribution in [0.5, 0.6) is 5.75 Å². The molecule has 0 aliphatic rings. The zero-order valence-corrected chi connectivity index (χ0v) is 14.5. The Hall–Kier alpha value is -3.11. The van der Waals surface area contributed by atoms with E-state index in [9.17, 15) is 9.59 Å². The first-order valence-corrected chi connectivity index (χ1v) is 8.03. The van der Waals surface area contributed by atoms with E-state index in [2.05, 4.69) is 31.9 Å². The van der Waals surface area contributed by atoms with Crippen LogP contribution in [0.3, 0.4) is 0 Å². The predicted octanol–water partition coefficient (Wildman–Crippen LogP) is 2.35. The lowest BCUT2D eigenvalue weighted by Crippen LogP contribution is -2.32. The van der Waals surface area contributed by atoms with Crippen LogP contribution >= 0.6 is 15.9 Å². The third-order valence-corrected chi connectivity index (χ3v) is 3.99. The lowest BCUT2D eigenvalue weighted by molar-refractivity contribution is 0.368. The quantitative estimate of drug-likeness (QED) is 0.542. The number of rotatable bonds is 4. The molecule has 1 heterocycles. The van der Waals surface area contributed by atoms with Crippen LogP contribution < -0.4 is 16.0 Å². The summed E-state index contributed by atoms with van der Waals surface area (Å²) < 4.78 is 6.83. The van der Waals surface area contributed by atoms with E-state index < -0.39 is 11.2 Å². The number of nitrogens with zero attached hydrogens (tertiary/aromatic N) is 2. The molecule has 25 heavy (non-hydrogen) atoms. The van der Waals surface area contributed by atoms with Crippen molar-refractivity contribution in [2.45, 2.75) is 0 Å². The summed E-state index contributed by atoms with van der Waals surface area (Å²) in [5.74, 6) is 2.98. The summed E-state index contributed by atoms with van der Waals surface area (Å²) in [5.41, 5.74) is 0.0673. The molecule has 0 saturated heterocycles. The Morgan fingerprint density at radius 3 is 2.84 bits per heavy atom. The summed E-state index contributed by atoms with van der Waals surface area (Å²) in [6.07, 6.45) is 6.58. The van der Waals surface area contributed by atoms with Gasteiger partial charge in [-0.3, -0.25) is 4.79 Å². The second kappa shape index (κ2) is 7.20. The number of halogens is 1. The largest absolute Gasteiger partial charge is 0.480 e. The van der Waals surface area contributed by atoms with E-state index in [0.29, 0.717) is 26.7 Å². The van der Waals surface area contributed by atoms with Crippen molar-refractivity contribution in [1.82, 2.24) is 9.66 Å². The Balaban J connectivity index is 1.96. The maximum atomic E-state index is 12.4. The number of nitrogens with one attached hydrogen (secondary N) is 1. The molecule has 1 aromatic heterocycles. The van der Waals surface area contributed by atoms with Crippen molar-refractivity contribution in [3.8, 4) is 18.1 Å². The first kappa shape index (κ1) is 16.7. The summed E-state index contributed by atoms with van der Waals surface area (Å²) >= 11 is 3.37. The minimum absolute atomic E-state index is 0.161. The van der Waals surface area contributed by atoms with Crippen LogP contribution in [0.15, 0.2) is 61.6 Å². The molecule has 0 fully saturated rings. The molecule has 0 unspecified atom stereocenters. The molecule has 2 aromatic carbocycles. The number of aromatic amines is 1. The number of benzene rings is 2. The maximum absolute atomic E-state index is 12.4. The molecule has 0 atom stereocenters. The molecular weight excluding hydrogens is 386 g/mol. The van der Waals surface area contributed by atoms with Gasteiger partial charge in [0, 0.05) is 0 Å². The molecule has 3 aromatic rings. The van der Waals surface area contributed by atoms with E-state index in [0.717, 1.165) is 4.68 Å². The molecular formula is C18H12BrN3O3. The normalized spacial score (nSPS) is 10.9. The standard InChI is InChI=1S/C18H12BrN3O3/c1-2-9-25-16-8-7-12(10-14(16)19)11-20-22-17(23)13-5-3-4-6-15(13)21-18(22)24/h1,3-8,10-11H,9H2,(H,21,24). The fourth-order valence-electron chi connectivity index (χ4n) is 2.22. The molecule has 0 spiro atoms. The van der Waals surface area contributed by atoms with Gasteiger partial charge in [0.15, 0.2) is 0 Å². The molecule has 1 N–H and O–H groups in total. The first-order chi connectivity index (χ1) is 12.1. The SMILES string of the molecule is C#CCOc1ccc(C=Nn2c(=O)[nH]c3ccccc3c2=O)cc1Br. The van der Waals surface area contributed by atoms with Crippen LogP contribution in [0.4, 0.5) is 0 Å². The fraction of sp³-hybridized carbons (Fsp3) is 0.0556. The average Bonchev–Trinajstić information content (AvgIpc) is 2.61. The Kier molecular flexibility index (Phi) is 4.82. The van der Waals surface area contributed by atoms with Gasteiger partial charge < -0.3 is 9.72 Å². The third kappa shape index (κ3) is 3.54. The Labute approximate surface area is 150 Å². The number of terminal acetylenes is 1. The minimum Gasteiger partial charge on any atom is -0.480 e. The van der Waals surface area contributed by atoms with Crippen molar-refractivity contribution in [2.75, 3.05) is 6.61 Å². The van der Waals surface area contributed by atoms with Crippen molar-refractivity contribution in [3.05, 3.63) is 73.3 Å². The molecule has 0 bridgehead atoms. The van der Waals surface area contributed by atoms with Crippen LogP contribution in [-0.4, -0.2) is 22.5 Å². The van der Waals surface area contributed by atoms with Crippen molar-refractivity contribution < 1.29 is 4.74 Å². The molecule has 0 radical (unpaired) electrons. The van der Waals surface area contributed by atoms with Crippen molar-refractivity contribution in [2.24, 2.45) is 5.10 Å². The highest BCUT2D eigenvalue weighted by Crippen LogP contribution is 2.25. The lowest BCUT2D eigenvalue weighted by Gasteiger charge is -2.05. The van der Waals surface area contributed by atoms with Crippen LogP contribution in [0.2, 0.25) is 0 Å². The molecule has 3 rings (SSSR count). The summed E-state index contributed by atoms with van der Waals surface area (Å²) in [6.45, 7) is 0.161. The van der Waals surface area contributed by atoms with Gasteiger partial charge in [0.25, 0.3) is 5.56 Å². The molecule has 0 aliphatic carbocycles. The number of aromatic nitrogens is 2. The van der Waals surface area contributed by atoms with Crippen molar-refractivity contribution >= 4 is 33.0 Å². The number of H-pyrrole nitrogens is 1. The topological polar surface area (TPSA) is 76.5 Å². The highest BCUT2D eigenvalue weighted by atomic mass is 79.9. The smallest absolute Gasteiger partial charge is 0.349 e. The van der Waals surface area contributed by atoms with Gasteiger partial charge in [0.2, 0.25) is 0 Å². The molecule has 0 saturated carbocycles. The van der Waals surface area contributed by atoms with Crippen LogP contribution in [0.1, 0.15) is 5.56 Å². The Morgan fingerprint density at radius 1 is 1.28 bits per heavy atom. The Morgan fingerprint density at radius 2 is 2.08 bits per heavy atom. The highest BCUT2D eigenvalue weighted by Gasteiger charge is 2.06. The second-order valence-electron chi connectivity index (χ2n) is 5.02. The van der Waals surface area contributed by atoms with Gasteiger partial charge in [0.1, 0.15) is 12.4 Å². The molecule has 0 aliphatic heterocycles. The molecule has 124 valence electrons. The summed E-state index contributed by atoms with van der Waals surface area (Å²) in [7, 11) is 0. The molecule has 7 heteroatoms. The number of ether oxygens (including phenoxy) is 1. The third-order valence-electron chi connectivity index (χ3n) is 3.37. The van der Waals surface area contributed by atoms with Gasteiger partial charge >= 0.3 is 5.69 Å². The number of hydrogen-bond donors (Lipinski definition) is 1. The number of para-hydroxylation sites is 1. The second-order valence-corrected chi connectivity index (χ2v) is 5.87. The van der Waals surface area contributed by atoms with Crippen molar-refractivity contribution in [1.29, 1.82) is 0 Å². The summed E-state index contributed by atoms with van der Waals surface area (Å²) in [6, 6.07) is 12.0. The zero-order chi connectivity index (χ0) is 17.8. The van der Waals surface area contributed by atoms with E-state index >= 15 is 0 Å². The van der Waals surface area contributed by atoms with Gasteiger partial charge in [-0.25, -0.2) is 4.79 Å². The number of fused-ring (bicyclic) bond motifs is 1. The predicted molar refractivity (Wildman–Crippen MR) is 100 cm³/mol. The van der Waals surface area contributed by atoms with E-state index in [-0.39, 0.29) is 6.61 Å². The van der Waals surface area contributed by atoms with Crippen LogP contribution in [-0.2, 0) is 0 Å². The molecule has 0 amide bonds. The average molecular weight is 398 g/mol. The summed E-state index contributed by atoms with van der Waals surface area (Å²) in [4.78, 5) is 27.1. The van der Waals surface area contributed by atoms with E-state index in [1.54, 1.807) is 42.5 Å². The van der Waals surface area contributed by atoms with Gasteiger partial charge in [-0.2, -0.15) is 5.10 Å². The Bertz CT molecular complexity index is 1120. The zero-order valence-electron chi connectivity index (χ0n) is 12.9. The van der Waals surface area contributed by atoms with Crippen LogP contribution in [0.25, 0.3) is 10.9 Å². The minimum atomic E-state index is -0.604. The maximum Gasteiger partial charge on any atom is 0.349 e. The van der Waals surface area contributed by atoms with Gasteiger partial charge in [-0.05, 0) is 51.8 Å². The molecule has 6 nitrogen and oxygen atoms in total. The van der Waals surface area contributed by atoms with Crippen molar-refractivity contribution in [3.63, 3.8) is 0 Å². The van der Waals surface area contributed by atoms with Gasteiger partial charge in [0.05, 0.1) is 21.6 Å². The fourth-order valence-corrected chi connectivity index (χ4v) is 2.73. The van der Waals surface area contributed by atoms with Gasteiger partial charge in [-0.15, -0.1) is 11.1 Å². The highest BCUT2D eigenvalue weighted by molar-refractivity contribution is 9.10. The van der Waals surface area contributed by atoms with E-state index in [4.69, 9.17) is 11.2 Å². The first-order valence-electron chi connectivity index (χ1n) is 7.24. The lowest BCUT2D eigenvalue weighted by atomic mass is 10.2. The number of hydrogen-bond acceptors (Lipinski definition) is 4. The summed E-state index contributed by atoms with van der Waals surface area (Å²) in [5, 5.41) is 4.39. The monoisotopic (exact) mass is 397 g/mol. The van der Waals surface area contributed by atoms with Gasteiger partial charge in [-0.1, -0.05) is 18.1 Å². The van der Waals surface area contributed by atoms with Crippen LogP contribution in [0, 0.1) is 12.3 Å². The van der Waals surface area contributed by atoms with E-state index in [1.165, 1.54) is 6.21 Å².